The van der Waals surface area contributed by atoms with Crippen LogP contribution in [0.3, 0.4) is 0 Å². The van der Waals surface area contributed by atoms with E-state index in [1.807, 2.05) is 5.32 Å². The minimum Gasteiger partial charge on any atom is -0.483 e. The molecule has 0 atom stereocenters. The van der Waals surface area contributed by atoms with Gasteiger partial charge in [-0.25, -0.2) is 4.79 Å². The van der Waals surface area contributed by atoms with Gasteiger partial charge >= 0.3 is 6.03 Å². The summed E-state index contributed by atoms with van der Waals surface area (Å²) in [5, 5.41) is 1.89. The van der Waals surface area contributed by atoms with Gasteiger partial charge < -0.3 is 16.2 Å². The third-order valence-electron chi connectivity index (χ3n) is 1.82. The fourth-order valence-electron chi connectivity index (χ4n) is 1.15. The molecule has 6 heteroatoms. The molecule has 0 aliphatic carbocycles. The summed E-state index contributed by atoms with van der Waals surface area (Å²) in [7, 11) is 0. The molecule has 6 nitrogen and oxygen atoms in total. The normalized spacial score (nSPS) is 9.56. The summed E-state index contributed by atoms with van der Waals surface area (Å²) in [4.78, 5) is 21.4. The minimum absolute atomic E-state index is 0.270. The lowest BCUT2D eigenvalue weighted by Crippen LogP contribution is -2.38. The highest BCUT2D eigenvalue weighted by Gasteiger charge is 2.06. The standard InChI is InChI=1S/C10H13N3O3/c1-6-4-7(11)2-3-8(6)16-5-9(14)13-10(12)15/h2-4H,5,11H2,1H3,(H3,12,13,14,15). The number of rotatable bonds is 3. The first-order valence-electron chi connectivity index (χ1n) is 4.57. The lowest BCUT2D eigenvalue weighted by Gasteiger charge is -2.08. The Morgan fingerprint density at radius 2 is 2.12 bits per heavy atom. The van der Waals surface area contributed by atoms with Crippen LogP contribution in [-0.4, -0.2) is 18.5 Å². The molecule has 0 unspecified atom stereocenters. The van der Waals surface area contributed by atoms with Crippen LogP contribution in [-0.2, 0) is 4.79 Å². The maximum Gasteiger partial charge on any atom is 0.318 e. The summed E-state index contributed by atoms with van der Waals surface area (Å²) in [6, 6.07) is 4.14. The van der Waals surface area contributed by atoms with Crippen molar-refractivity contribution >= 4 is 17.6 Å². The summed E-state index contributed by atoms with van der Waals surface area (Å²) >= 11 is 0. The smallest absolute Gasteiger partial charge is 0.318 e. The summed E-state index contributed by atoms with van der Waals surface area (Å²) in [6.07, 6.45) is 0. The Morgan fingerprint density at radius 1 is 1.44 bits per heavy atom. The monoisotopic (exact) mass is 223 g/mol. The average Bonchev–Trinajstić information content (AvgIpc) is 2.15. The molecule has 3 amide bonds. The molecule has 1 aromatic carbocycles. The van der Waals surface area contributed by atoms with Crippen molar-refractivity contribution in [3.63, 3.8) is 0 Å². The Kier molecular flexibility index (Phi) is 3.71. The number of nitrogens with one attached hydrogen (secondary N) is 1. The van der Waals surface area contributed by atoms with Crippen LogP contribution in [0.2, 0.25) is 0 Å². The Bertz CT molecular complexity index is 418. The molecule has 0 aliphatic rings. The van der Waals surface area contributed by atoms with E-state index in [4.69, 9.17) is 16.2 Å². The van der Waals surface area contributed by atoms with Gasteiger partial charge in [-0.3, -0.25) is 10.1 Å². The highest BCUT2D eigenvalue weighted by molar-refractivity contribution is 5.94. The van der Waals surface area contributed by atoms with Gasteiger partial charge in [0.1, 0.15) is 5.75 Å². The van der Waals surface area contributed by atoms with Gasteiger partial charge in [0.05, 0.1) is 0 Å². The number of nitrogens with two attached hydrogens (primary N) is 2. The molecule has 86 valence electrons. The van der Waals surface area contributed by atoms with Crippen molar-refractivity contribution in [2.24, 2.45) is 5.73 Å². The van der Waals surface area contributed by atoms with E-state index in [0.717, 1.165) is 5.56 Å². The predicted molar refractivity (Wildman–Crippen MR) is 58.8 cm³/mol. The molecular weight excluding hydrogens is 210 g/mol. The fraction of sp³-hybridized carbons (Fsp3) is 0.200. The number of amides is 3. The number of aryl methyl sites for hydroxylation is 1. The molecule has 0 heterocycles. The highest BCUT2D eigenvalue weighted by atomic mass is 16.5. The van der Waals surface area contributed by atoms with Crippen molar-refractivity contribution in [3.05, 3.63) is 23.8 Å². The molecule has 0 radical (unpaired) electrons. The zero-order valence-corrected chi connectivity index (χ0v) is 8.82. The Hall–Kier alpha value is -2.24. The van der Waals surface area contributed by atoms with Crippen molar-refractivity contribution in [3.8, 4) is 5.75 Å². The van der Waals surface area contributed by atoms with Crippen molar-refractivity contribution in [1.29, 1.82) is 0 Å². The Labute approximate surface area is 92.6 Å². The van der Waals surface area contributed by atoms with E-state index in [0.29, 0.717) is 11.4 Å². The summed E-state index contributed by atoms with van der Waals surface area (Å²) < 4.78 is 5.18. The number of nitrogen functional groups attached to an aromatic ring is 1. The average molecular weight is 223 g/mol. The lowest BCUT2D eigenvalue weighted by molar-refractivity contribution is -0.121. The summed E-state index contributed by atoms with van der Waals surface area (Å²) in [6.45, 7) is 1.53. The zero-order chi connectivity index (χ0) is 12.1. The van der Waals surface area contributed by atoms with E-state index in [1.54, 1.807) is 25.1 Å². The second-order valence-corrected chi connectivity index (χ2v) is 3.23. The van der Waals surface area contributed by atoms with Crippen LogP contribution >= 0.6 is 0 Å². The van der Waals surface area contributed by atoms with Crippen LogP contribution in [0.1, 0.15) is 5.56 Å². The van der Waals surface area contributed by atoms with E-state index in [1.165, 1.54) is 0 Å². The fourth-order valence-corrected chi connectivity index (χ4v) is 1.15. The summed E-state index contributed by atoms with van der Waals surface area (Å²) in [5.41, 5.74) is 11.8. The molecule has 0 aliphatic heterocycles. The van der Waals surface area contributed by atoms with Crippen molar-refractivity contribution in [2.75, 3.05) is 12.3 Å². The molecule has 0 fully saturated rings. The predicted octanol–water partition coefficient (Wildman–Crippen LogP) is 0.151. The topological polar surface area (TPSA) is 107 Å². The molecular formula is C10H13N3O3. The molecule has 1 rings (SSSR count). The number of hydrogen-bond donors (Lipinski definition) is 3. The van der Waals surface area contributed by atoms with Crippen LogP contribution in [0.4, 0.5) is 10.5 Å². The van der Waals surface area contributed by atoms with Crippen LogP contribution in [0.25, 0.3) is 0 Å². The van der Waals surface area contributed by atoms with Gasteiger partial charge in [-0.15, -0.1) is 0 Å². The number of ether oxygens (including phenoxy) is 1. The first kappa shape index (κ1) is 11.8. The molecule has 0 saturated carbocycles. The molecule has 0 bridgehead atoms. The number of primary amides is 1. The highest BCUT2D eigenvalue weighted by Crippen LogP contribution is 2.19. The first-order valence-corrected chi connectivity index (χ1v) is 4.57. The van der Waals surface area contributed by atoms with Gasteiger partial charge in [-0.1, -0.05) is 0 Å². The SMILES string of the molecule is Cc1cc(N)ccc1OCC(=O)NC(N)=O. The maximum absolute atomic E-state index is 11.0. The Balaban J connectivity index is 2.54. The van der Waals surface area contributed by atoms with Gasteiger partial charge in [0.15, 0.2) is 6.61 Å². The third-order valence-corrected chi connectivity index (χ3v) is 1.82. The van der Waals surface area contributed by atoms with Crippen LogP contribution in [0.15, 0.2) is 18.2 Å². The number of benzene rings is 1. The quantitative estimate of drug-likeness (QED) is 0.634. The largest absolute Gasteiger partial charge is 0.483 e. The molecule has 0 spiro atoms. The zero-order valence-electron chi connectivity index (χ0n) is 8.82. The second kappa shape index (κ2) is 5.01. The summed E-state index contributed by atoms with van der Waals surface area (Å²) in [5.74, 6) is -0.0578. The Morgan fingerprint density at radius 3 is 2.69 bits per heavy atom. The first-order chi connectivity index (χ1) is 7.49. The van der Waals surface area contributed by atoms with Crippen molar-refractivity contribution in [1.82, 2.24) is 5.32 Å². The van der Waals surface area contributed by atoms with Gasteiger partial charge in [-0.05, 0) is 30.7 Å². The van der Waals surface area contributed by atoms with E-state index in [9.17, 15) is 9.59 Å². The number of urea groups is 1. The van der Waals surface area contributed by atoms with Gasteiger partial charge in [0.25, 0.3) is 5.91 Å². The van der Waals surface area contributed by atoms with E-state index < -0.39 is 11.9 Å². The third kappa shape index (κ3) is 3.49. The molecule has 1 aromatic rings. The van der Waals surface area contributed by atoms with Gasteiger partial charge in [0, 0.05) is 5.69 Å². The maximum atomic E-state index is 11.0. The van der Waals surface area contributed by atoms with Crippen molar-refractivity contribution in [2.45, 2.75) is 6.92 Å². The molecule has 0 aromatic heterocycles. The minimum atomic E-state index is -0.900. The molecule has 0 saturated heterocycles. The number of imide groups is 1. The van der Waals surface area contributed by atoms with Gasteiger partial charge in [0.2, 0.25) is 0 Å². The van der Waals surface area contributed by atoms with E-state index in [-0.39, 0.29) is 6.61 Å². The van der Waals surface area contributed by atoms with Gasteiger partial charge in [-0.2, -0.15) is 0 Å². The number of hydrogen-bond acceptors (Lipinski definition) is 4. The van der Waals surface area contributed by atoms with E-state index in [2.05, 4.69) is 0 Å². The van der Waals surface area contributed by atoms with Crippen molar-refractivity contribution < 1.29 is 14.3 Å². The van der Waals surface area contributed by atoms with Crippen LogP contribution in [0.5, 0.6) is 5.75 Å². The number of anilines is 1. The number of carbonyl (C=O) groups is 2. The molecule has 5 N–H and O–H groups in total. The lowest BCUT2D eigenvalue weighted by atomic mass is 10.2. The van der Waals surface area contributed by atoms with Crippen LogP contribution < -0.4 is 21.5 Å². The van der Waals surface area contributed by atoms with Crippen LogP contribution in [0, 0.1) is 6.92 Å². The second-order valence-electron chi connectivity index (χ2n) is 3.23. The van der Waals surface area contributed by atoms with E-state index >= 15 is 0 Å². The molecule has 16 heavy (non-hydrogen) atoms. The number of carbonyl (C=O) groups excluding carboxylic acids is 2.